The van der Waals surface area contributed by atoms with Crippen LogP contribution in [0.1, 0.15) is 52.4 Å². The summed E-state index contributed by atoms with van der Waals surface area (Å²) in [5.41, 5.74) is 0. The number of likely N-dealkylation sites (tertiary alicyclic amines) is 1. The molecule has 0 bridgehead atoms. The predicted octanol–water partition coefficient (Wildman–Crippen LogP) is 2.17. The molecule has 98 valence electrons. The van der Waals surface area contributed by atoms with Gasteiger partial charge in [-0.05, 0) is 31.7 Å². The van der Waals surface area contributed by atoms with Crippen LogP contribution in [0, 0.1) is 5.92 Å². The summed E-state index contributed by atoms with van der Waals surface area (Å²) in [6, 6.07) is 0.631. The number of likely N-dealkylation sites (N-methyl/N-ethyl adjacent to an activating group) is 1. The van der Waals surface area contributed by atoms with Gasteiger partial charge in [0.2, 0.25) is 5.91 Å². The van der Waals surface area contributed by atoms with Gasteiger partial charge in [-0.25, -0.2) is 0 Å². The summed E-state index contributed by atoms with van der Waals surface area (Å²) < 4.78 is 0. The Kier molecular flexibility index (Phi) is 4.43. The molecule has 1 saturated heterocycles. The number of carbonyl (C=O) groups is 1. The third kappa shape index (κ3) is 2.82. The van der Waals surface area contributed by atoms with Gasteiger partial charge in [0.25, 0.3) is 0 Å². The SMILES string of the molecule is CCNC1CCN(C2CCCC(CC)C2)C1=O. The van der Waals surface area contributed by atoms with Crippen molar-refractivity contribution < 1.29 is 4.79 Å². The van der Waals surface area contributed by atoms with Crippen LogP contribution in [0.3, 0.4) is 0 Å². The Morgan fingerprint density at radius 2 is 2.12 bits per heavy atom. The minimum Gasteiger partial charge on any atom is -0.338 e. The molecule has 0 aromatic carbocycles. The number of amides is 1. The van der Waals surface area contributed by atoms with Crippen molar-refractivity contribution in [1.82, 2.24) is 10.2 Å². The third-order valence-corrected chi connectivity index (χ3v) is 4.46. The first-order valence-electron chi connectivity index (χ1n) is 7.30. The number of hydrogen-bond donors (Lipinski definition) is 1. The Balaban J connectivity index is 1.92. The molecule has 2 aliphatic rings. The smallest absolute Gasteiger partial charge is 0.240 e. The van der Waals surface area contributed by atoms with Crippen molar-refractivity contribution in [2.45, 2.75) is 64.5 Å². The number of rotatable bonds is 4. The van der Waals surface area contributed by atoms with Gasteiger partial charge in [0.1, 0.15) is 0 Å². The topological polar surface area (TPSA) is 32.3 Å². The van der Waals surface area contributed by atoms with Crippen molar-refractivity contribution in [1.29, 1.82) is 0 Å². The van der Waals surface area contributed by atoms with Crippen LogP contribution < -0.4 is 5.32 Å². The minimum atomic E-state index is 0.0991. The molecule has 3 nitrogen and oxygen atoms in total. The molecule has 2 fully saturated rings. The van der Waals surface area contributed by atoms with Gasteiger partial charge in [0.15, 0.2) is 0 Å². The van der Waals surface area contributed by atoms with E-state index < -0.39 is 0 Å². The molecule has 1 N–H and O–H groups in total. The molecule has 3 unspecified atom stereocenters. The second kappa shape index (κ2) is 5.85. The summed E-state index contributed by atoms with van der Waals surface area (Å²) in [6.45, 7) is 6.22. The minimum absolute atomic E-state index is 0.0991. The standard InChI is InChI=1S/C14H26N2O/c1-3-11-6-5-7-12(10-11)16-9-8-13(14(16)17)15-4-2/h11-13,15H,3-10H2,1-2H3. The fourth-order valence-electron chi connectivity index (χ4n) is 3.42. The first kappa shape index (κ1) is 12.9. The fraction of sp³-hybridized carbons (Fsp3) is 0.929. The first-order valence-corrected chi connectivity index (χ1v) is 7.30. The molecule has 1 saturated carbocycles. The Bertz CT molecular complexity index is 267. The summed E-state index contributed by atoms with van der Waals surface area (Å²) in [5.74, 6) is 1.20. The zero-order valence-electron chi connectivity index (χ0n) is 11.2. The molecule has 0 spiro atoms. The van der Waals surface area contributed by atoms with Crippen molar-refractivity contribution in [2.24, 2.45) is 5.92 Å². The van der Waals surface area contributed by atoms with Crippen molar-refractivity contribution in [3.8, 4) is 0 Å². The van der Waals surface area contributed by atoms with Gasteiger partial charge in [0.05, 0.1) is 6.04 Å². The quantitative estimate of drug-likeness (QED) is 0.814. The number of hydrogen-bond acceptors (Lipinski definition) is 2. The van der Waals surface area contributed by atoms with Crippen molar-refractivity contribution in [2.75, 3.05) is 13.1 Å². The molecular weight excluding hydrogens is 212 g/mol. The highest BCUT2D eigenvalue weighted by molar-refractivity contribution is 5.84. The highest BCUT2D eigenvalue weighted by Gasteiger charge is 2.36. The zero-order chi connectivity index (χ0) is 12.3. The lowest BCUT2D eigenvalue weighted by Gasteiger charge is -2.35. The van der Waals surface area contributed by atoms with E-state index in [9.17, 15) is 4.79 Å². The van der Waals surface area contributed by atoms with Crippen molar-refractivity contribution >= 4 is 5.91 Å². The monoisotopic (exact) mass is 238 g/mol. The van der Waals surface area contributed by atoms with Gasteiger partial charge in [-0.15, -0.1) is 0 Å². The van der Waals surface area contributed by atoms with E-state index in [1.54, 1.807) is 0 Å². The molecule has 1 aliphatic carbocycles. The maximum absolute atomic E-state index is 12.3. The summed E-state index contributed by atoms with van der Waals surface area (Å²) >= 11 is 0. The maximum atomic E-state index is 12.3. The normalized spacial score (nSPS) is 34.4. The van der Waals surface area contributed by atoms with Crippen LogP contribution in [-0.2, 0) is 4.79 Å². The van der Waals surface area contributed by atoms with E-state index in [1.165, 1.54) is 32.1 Å². The molecule has 1 heterocycles. The second-order valence-corrected chi connectivity index (χ2v) is 5.53. The highest BCUT2D eigenvalue weighted by atomic mass is 16.2. The molecule has 1 amide bonds. The predicted molar refractivity (Wildman–Crippen MR) is 69.8 cm³/mol. The van der Waals surface area contributed by atoms with Crippen LogP contribution in [0.25, 0.3) is 0 Å². The Morgan fingerprint density at radius 3 is 2.82 bits per heavy atom. The van der Waals surface area contributed by atoms with Crippen molar-refractivity contribution in [3.63, 3.8) is 0 Å². The number of carbonyl (C=O) groups excluding carboxylic acids is 1. The molecule has 0 radical (unpaired) electrons. The lowest BCUT2D eigenvalue weighted by Crippen LogP contribution is -2.44. The molecule has 3 heteroatoms. The van der Waals surface area contributed by atoms with Crippen molar-refractivity contribution in [3.05, 3.63) is 0 Å². The zero-order valence-corrected chi connectivity index (χ0v) is 11.2. The van der Waals surface area contributed by atoms with Gasteiger partial charge in [-0.2, -0.15) is 0 Å². The third-order valence-electron chi connectivity index (χ3n) is 4.46. The molecule has 0 aromatic heterocycles. The number of nitrogens with one attached hydrogen (secondary N) is 1. The van der Waals surface area contributed by atoms with Crippen LogP contribution in [-0.4, -0.2) is 36.0 Å². The average molecular weight is 238 g/mol. The van der Waals surface area contributed by atoms with E-state index in [4.69, 9.17) is 0 Å². The van der Waals surface area contributed by atoms with Gasteiger partial charge in [-0.1, -0.05) is 33.1 Å². The Morgan fingerprint density at radius 1 is 1.29 bits per heavy atom. The van der Waals surface area contributed by atoms with Gasteiger partial charge in [-0.3, -0.25) is 4.79 Å². The van der Waals surface area contributed by atoms with Gasteiger partial charge in [0, 0.05) is 12.6 Å². The average Bonchev–Trinajstić information content (AvgIpc) is 2.72. The lowest BCUT2D eigenvalue weighted by molar-refractivity contribution is -0.132. The summed E-state index contributed by atoms with van der Waals surface area (Å²) in [5, 5.41) is 3.30. The van der Waals surface area contributed by atoms with Crippen LogP contribution in [0.5, 0.6) is 0 Å². The summed E-state index contributed by atoms with van der Waals surface area (Å²) in [6.07, 6.45) is 7.40. The van der Waals surface area contributed by atoms with E-state index >= 15 is 0 Å². The molecule has 2 rings (SSSR count). The lowest BCUT2D eigenvalue weighted by atomic mass is 9.83. The molecule has 0 aromatic rings. The summed E-state index contributed by atoms with van der Waals surface area (Å²) in [7, 11) is 0. The first-order chi connectivity index (χ1) is 8.26. The largest absolute Gasteiger partial charge is 0.338 e. The van der Waals surface area contributed by atoms with Crippen LogP contribution in [0.2, 0.25) is 0 Å². The van der Waals surface area contributed by atoms with Crippen LogP contribution in [0.15, 0.2) is 0 Å². The molecule has 3 atom stereocenters. The Labute approximate surface area is 105 Å². The second-order valence-electron chi connectivity index (χ2n) is 5.53. The maximum Gasteiger partial charge on any atom is 0.240 e. The van der Waals surface area contributed by atoms with E-state index in [1.807, 2.05) is 0 Å². The highest BCUT2D eigenvalue weighted by Crippen LogP contribution is 2.31. The van der Waals surface area contributed by atoms with Crippen LogP contribution in [0.4, 0.5) is 0 Å². The van der Waals surface area contributed by atoms with E-state index in [0.717, 1.165) is 25.4 Å². The van der Waals surface area contributed by atoms with E-state index in [-0.39, 0.29) is 6.04 Å². The molecular formula is C14H26N2O. The fourth-order valence-corrected chi connectivity index (χ4v) is 3.42. The van der Waals surface area contributed by atoms with Crippen LogP contribution >= 0.6 is 0 Å². The van der Waals surface area contributed by atoms with Gasteiger partial charge >= 0.3 is 0 Å². The molecule has 1 aliphatic heterocycles. The van der Waals surface area contributed by atoms with Gasteiger partial charge < -0.3 is 10.2 Å². The number of nitrogens with zero attached hydrogens (tertiary/aromatic N) is 1. The molecule has 17 heavy (non-hydrogen) atoms. The Hall–Kier alpha value is -0.570. The summed E-state index contributed by atoms with van der Waals surface area (Å²) in [4.78, 5) is 14.4. The van der Waals surface area contributed by atoms with E-state index in [0.29, 0.717) is 11.9 Å². The van der Waals surface area contributed by atoms with E-state index in [2.05, 4.69) is 24.1 Å².